The minimum atomic E-state index is -0.696. The second-order valence-electron chi connectivity index (χ2n) is 4.68. The van der Waals surface area contributed by atoms with Crippen LogP contribution in [0, 0.1) is 11.6 Å². The van der Waals surface area contributed by atoms with Gasteiger partial charge in [0.15, 0.2) is 5.82 Å². The van der Waals surface area contributed by atoms with Crippen molar-refractivity contribution in [1.29, 1.82) is 0 Å². The number of morpholine rings is 1. The van der Waals surface area contributed by atoms with Gasteiger partial charge in [0.1, 0.15) is 5.82 Å². The fourth-order valence-corrected chi connectivity index (χ4v) is 2.64. The molecule has 0 aliphatic carbocycles. The van der Waals surface area contributed by atoms with Crippen LogP contribution < -0.4 is 10.6 Å². The van der Waals surface area contributed by atoms with Crippen LogP contribution in [0.3, 0.4) is 0 Å². The molecule has 2 unspecified atom stereocenters. The maximum absolute atomic E-state index is 13.4. The third kappa shape index (κ3) is 1.84. The smallest absolute Gasteiger partial charge is 0.151 e. The topological polar surface area (TPSA) is 38.5 Å². The van der Waals surface area contributed by atoms with Crippen LogP contribution in [0.15, 0.2) is 12.1 Å². The predicted octanol–water partition coefficient (Wildman–Crippen LogP) is 1.91. The Kier molecular flexibility index (Phi) is 2.43. The minimum absolute atomic E-state index is 0.0210. The molecular weight excluding hydrogens is 226 g/mol. The maximum Gasteiger partial charge on any atom is 0.151 e. The van der Waals surface area contributed by atoms with Crippen molar-refractivity contribution in [3.05, 3.63) is 23.8 Å². The number of hydrogen-bond donors (Lipinski definition) is 1. The summed E-state index contributed by atoms with van der Waals surface area (Å²) in [5.74, 6) is -1.29. The Balaban J connectivity index is 1.94. The Bertz CT molecular complexity index is 440. The summed E-state index contributed by atoms with van der Waals surface area (Å²) in [7, 11) is 0. The standard InChI is InChI=1S/C12H14F2N2O/c13-7-3-10(14)12(15)11(4-7)16-5-8-1-2-9(6-16)17-8/h3-4,8-9H,1-2,5-6,15H2. The van der Waals surface area contributed by atoms with E-state index in [0.29, 0.717) is 18.8 Å². The molecular formula is C12H14F2N2O. The van der Waals surface area contributed by atoms with Gasteiger partial charge in [0.25, 0.3) is 0 Å². The molecule has 0 saturated carbocycles. The molecule has 2 atom stereocenters. The fourth-order valence-electron chi connectivity index (χ4n) is 2.64. The van der Waals surface area contributed by atoms with Gasteiger partial charge in [0, 0.05) is 19.2 Å². The SMILES string of the molecule is Nc1c(F)cc(F)cc1N1CC2CCC(C1)O2. The molecule has 2 aliphatic rings. The van der Waals surface area contributed by atoms with Gasteiger partial charge in [-0.05, 0) is 18.9 Å². The van der Waals surface area contributed by atoms with Gasteiger partial charge in [-0.3, -0.25) is 0 Å². The average molecular weight is 240 g/mol. The van der Waals surface area contributed by atoms with E-state index in [1.54, 1.807) is 0 Å². The number of nitrogens with zero attached hydrogens (tertiary/aromatic N) is 1. The fraction of sp³-hybridized carbons (Fsp3) is 0.500. The quantitative estimate of drug-likeness (QED) is 0.762. The molecule has 0 amide bonds. The number of ether oxygens (including phenoxy) is 1. The van der Waals surface area contributed by atoms with Crippen LogP contribution in [-0.4, -0.2) is 25.3 Å². The molecule has 0 aromatic heterocycles. The maximum atomic E-state index is 13.4. The molecule has 0 spiro atoms. The Labute approximate surface area is 98.2 Å². The van der Waals surface area contributed by atoms with E-state index in [-0.39, 0.29) is 17.9 Å². The number of hydrogen-bond acceptors (Lipinski definition) is 3. The van der Waals surface area contributed by atoms with E-state index < -0.39 is 11.6 Å². The molecule has 1 aromatic rings. The van der Waals surface area contributed by atoms with Crippen LogP contribution in [0.25, 0.3) is 0 Å². The van der Waals surface area contributed by atoms with Crippen LogP contribution in [0.2, 0.25) is 0 Å². The summed E-state index contributed by atoms with van der Waals surface area (Å²) in [6, 6.07) is 2.11. The van der Waals surface area contributed by atoms with Crippen LogP contribution in [0.4, 0.5) is 20.2 Å². The number of benzene rings is 1. The number of rotatable bonds is 1. The summed E-state index contributed by atoms with van der Waals surface area (Å²) >= 11 is 0. The van der Waals surface area contributed by atoms with Crippen molar-refractivity contribution in [2.24, 2.45) is 0 Å². The van der Waals surface area contributed by atoms with Crippen molar-refractivity contribution in [3.63, 3.8) is 0 Å². The summed E-state index contributed by atoms with van der Waals surface area (Å²) in [5, 5.41) is 0. The monoisotopic (exact) mass is 240 g/mol. The first-order valence-electron chi connectivity index (χ1n) is 5.78. The molecule has 2 bridgehead atoms. The van der Waals surface area contributed by atoms with Gasteiger partial charge >= 0.3 is 0 Å². The van der Waals surface area contributed by atoms with Crippen LogP contribution in [0.5, 0.6) is 0 Å². The van der Waals surface area contributed by atoms with E-state index in [1.165, 1.54) is 6.07 Å². The highest BCUT2D eigenvalue weighted by Gasteiger charge is 2.34. The lowest BCUT2D eigenvalue weighted by molar-refractivity contribution is 0.0305. The third-order valence-corrected chi connectivity index (χ3v) is 3.46. The second kappa shape index (κ2) is 3.84. The summed E-state index contributed by atoms with van der Waals surface area (Å²) in [4.78, 5) is 1.92. The van der Waals surface area contributed by atoms with Crippen LogP contribution in [0.1, 0.15) is 12.8 Å². The Morgan fingerprint density at radius 3 is 2.47 bits per heavy atom. The lowest BCUT2D eigenvalue weighted by atomic mass is 10.2. The van der Waals surface area contributed by atoms with Crippen molar-refractivity contribution in [1.82, 2.24) is 0 Å². The number of fused-ring (bicyclic) bond motifs is 2. The summed E-state index contributed by atoms with van der Waals surface area (Å²) in [6.07, 6.45) is 2.36. The van der Waals surface area contributed by atoms with E-state index in [9.17, 15) is 8.78 Å². The zero-order valence-corrected chi connectivity index (χ0v) is 9.33. The van der Waals surface area contributed by atoms with Crippen LogP contribution >= 0.6 is 0 Å². The summed E-state index contributed by atoms with van der Waals surface area (Å²) < 4.78 is 32.3. The van der Waals surface area contributed by atoms with E-state index >= 15 is 0 Å². The molecule has 2 fully saturated rings. The minimum Gasteiger partial charge on any atom is -0.395 e. The first-order chi connectivity index (χ1) is 8.13. The predicted molar refractivity (Wildman–Crippen MR) is 60.9 cm³/mol. The third-order valence-electron chi connectivity index (χ3n) is 3.46. The van der Waals surface area contributed by atoms with Crippen molar-refractivity contribution in [2.75, 3.05) is 23.7 Å². The number of halogens is 2. The van der Waals surface area contributed by atoms with Gasteiger partial charge in [0.05, 0.1) is 23.6 Å². The normalized spacial score (nSPS) is 27.5. The zero-order chi connectivity index (χ0) is 12.0. The highest BCUT2D eigenvalue weighted by molar-refractivity contribution is 5.68. The Morgan fingerprint density at radius 2 is 1.82 bits per heavy atom. The Morgan fingerprint density at radius 1 is 1.18 bits per heavy atom. The number of nitrogens with two attached hydrogens (primary N) is 1. The largest absolute Gasteiger partial charge is 0.395 e. The highest BCUT2D eigenvalue weighted by atomic mass is 19.1. The summed E-state index contributed by atoms with van der Waals surface area (Å²) in [5.41, 5.74) is 6.14. The molecule has 92 valence electrons. The van der Waals surface area contributed by atoms with Gasteiger partial charge in [-0.15, -0.1) is 0 Å². The van der Waals surface area contributed by atoms with Gasteiger partial charge in [-0.1, -0.05) is 0 Å². The van der Waals surface area contributed by atoms with Crippen LogP contribution in [-0.2, 0) is 4.74 Å². The van der Waals surface area contributed by atoms with Crippen molar-refractivity contribution < 1.29 is 13.5 Å². The van der Waals surface area contributed by atoms with Gasteiger partial charge in [0.2, 0.25) is 0 Å². The zero-order valence-electron chi connectivity index (χ0n) is 9.33. The molecule has 2 saturated heterocycles. The molecule has 3 nitrogen and oxygen atoms in total. The molecule has 17 heavy (non-hydrogen) atoms. The molecule has 2 N–H and O–H groups in total. The van der Waals surface area contributed by atoms with Gasteiger partial charge in [-0.25, -0.2) is 8.78 Å². The highest BCUT2D eigenvalue weighted by Crippen LogP contribution is 2.33. The van der Waals surface area contributed by atoms with E-state index in [1.807, 2.05) is 4.90 Å². The summed E-state index contributed by atoms with van der Waals surface area (Å²) in [6.45, 7) is 1.31. The number of nitrogen functional groups attached to an aromatic ring is 1. The van der Waals surface area contributed by atoms with Gasteiger partial charge < -0.3 is 15.4 Å². The lowest BCUT2D eigenvalue weighted by Crippen LogP contribution is -2.43. The molecule has 1 aromatic carbocycles. The van der Waals surface area contributed by atoms with E-state index in [2.05, 4.69) is 0 Å². The first-order valence-corrected chi connectivity index (χ1v) is 5.78. The molecule has 3 rings (SSSR count). The van der Waals surface area contributed by atoms with E-state index in [0.717, 1.165) is 18.9 Å². The molecule has 0 radical (unpaired) electrons. The lowest BCUT2D eigenvalue weighted by Gasteiger charge is -2.34. The first kappa shape index (κ1) is 10.8. The average Bonchev–Trinajstić information content (AvgIpc) is 2.63. The van der Waals surface area contributed by atoms with Gasteiger partial charge in [-0.2, -0.15) is 0 Å². The number of anilines is 2. The molecule has 2 aliphatic heterocycles. The Hall–Kier alpha value is -1.36. The van der Waals surface area contributed by atoms with E-state index in [4.69, 9.17) is 10.5 Å². The molecule has 2 heterocycles. The molecule has 5 heteroatoms. The van der Waals surface area contributed by atoms with Crippen molar-refractivity contribution >= 4 is 11.4 Å². The van der Waals surface area contributed by atoms with Crippen molar-refractivity contribution in [2.45, 2.75) is 25.0 Å². The van der Waals surface area contributed by atoms with Crippen molar-refractivity contribution in [3.8, 4) is 0 Å². The second-order valence-corrected chi connectivity index (χ2v) is 4.68.